The van der Waals surface area contributed by atoms with E-state index in [2.05, 4.69) is 4.74 Å². The van der Waals surface area contributed by atoms with Crippen LogP contribution in [0.15, 0.2) is 24.3 Å². The molecule has 0 bridgehead atoms. The van der Waals surface area contributed by atoms with Crippen LogP contribution in [-0.4, -0.2) is 25.9 Å². The Kier molecular flexibility index (Phi) is 6.18. The molecule has 16 heavy (non-hydrogen) atoms. The van der Waals surface area contributed by atoms with Gasteiger partial charge in [-0.15, -0.1) is 0 Å². The summed E-state index contributed by atoms with van der Waals surface area (Å²) in [4.78, 5) is 10.8. The van der Waals surface area contributed by atoms with Crippen molar-refractivity contribution in [1.82, 2.24) is 0 Å². The molecule has 5 heteroatoms. The van der Waals surface area contributed by atoms with E-state index < -0.39 is 0 Å². The molecular weight excluding hydrogens is 244 g/mol. The number of esters is 1. The second-order valence-electron chi connectivity index (χ2n) is 2.95. The Morgan fingerprint density at radius 2 is 1.88 bits per heavy atom. The highest BCUT2D eigenvalue weighted by Crippen LogP contribution is 2.26. The number of hydrogen-bond donors (Lipinski definition) is 0. The van der Waals surface area contributed by atoms with Crippen LogP contribution in [0.4, 0.5) is 0 Å². The van der Waals surface area contributed by atoms with Crippen LogP contribution in [0.2, 0.25) is 0 Å². The van der Waals surface area contributed by atoms with Crippen LogP contribution < -0.4 is 4.74 Å². The topological polar surface area (TPSA) is 35.5 Å². The number of ether oxygens (including phenoxy) is 2. The monoisotopic (exact) mass is 258 g/mol. The molecule has 0 aliphatic rings. The zero-order valence-electron chi connectivity index (χ0n) is 9.26. The van der Waals surface area contributed by atoms with Gasteiger partial charge in [0.2, 0.25) is 0 Å². The fourth-order valence-corrected chi connectivity index (χ4v) is 2.89. The lowest BCUT2D eigenvalue weighted by Gasteiger charge is -2.02. The lowest BCUT2D eigenvalue weighted by atomic mass is 10.2. The first kappa shape index (κ1) is 13.3. The third-order valence-corrected chi connectivity index (χ3v) is 4.05. The van der Waals surface area contributed by atoms with Gasteiger partial charge in [-0.25, -0.2) is 0 Å². The molecule has 1 aromatic carbocycles. The van der Waals surface area contributed by atoms with Crippen molar-refractivity contribution in [2.45, 2.75) is 5.75 Å². The number of carbonyl (C=O) groups excluding carboxylic acids is 1. The van der Waals surface area contributed by atoms with Gasteiger partial charge in [0.1, 0.15) is 11.5 Å². The Morgan fingerprint density at radius 1 is 1.19 bits per heavy atom. The Morgan fingerprint density at radius 3 is 2.44 bits per heavy atom. The summed E-state index contributed by atoms with van der Waals surface area (Å²) in [5, 5.41) is 0. The van der Waals surface area contributed by atoms with Gasteiger partial charge in [0, 0.05) is 5.75 Å². The minimum Gasteiger partial charge on any atom is -0.497 e. The molecule has 0 saturated carbocycles. The summed E-state index contributed by atoms with van der Waals surface area (Å²) in [6, 6.07) is 7.90. The van der Waals surface area contributed by atoms with Gasteiger partial charge >= 0.3 is 5.97 Å². The molecule has 0 aliphatic carbocycles. The molecule has 0 unspecified atom stereocenters. The van der Waals surface area contributed by atoms with Crippen LogP contribution in [0.5, 0.6) is 5.75 Å². The number of carbonyl (C=O) groups is 1. The third-order valence-electron chi connectivity index (χ3n) is 1.87. The predicted molar refractivity (Wildman–Crippen MR) is 68.8 cm³/mol. The number of hydrogen-bond acceptors (Lipinski definition) is 5. The van der Waals surface area contributed by atoms with Crippen LogP contribution in [0.1, 0.15) is 5.56 Å². The lowest BCUT2D eigenvalue weighted by Crippen LogP contribution is -2.01. The molecule has 0 saturated heterocycles. The van der Waals surface area contributed by atoms with Gasteiger partial charge in [-0.1, -0.05) is 33.7 Å². The van der Waals surface area contributed by atoms with E-state index in [0.717, 1.165) is 11.5 Å². The second-order valence-corrected chi connectivity index (χ2v) is 5.41. The van der Waals surface area contributed by atoms with E-state index in [-0.39, 0.29) is 5.97 Å². The van der Waals surface area contributed by atoms with Crippen molar-refractivity contribution in [2.24, 2.45) is 0 Å². The summed E-state index contributed by atoms with van der Waals surface area (Å²) < 4.78 is 9.61. The van der Waals surface area contributed by atoms with Crippen molar-refractivity contribution in [3.8, 4) is 5.75 Å². The van der Waals surface area contributed by atoms with Gasteiger partial charge in [0.15, 0.2) is 0 Å². The van der Waals surface area contributed by atoms with Crippen molar-refractivity contribution in [2.75, 3.05) is 20.0 Å². The average Bonchev–Trinajstić information content (AvgIpc) is 2.35. The average molecular weight is 258 g/mol. The first-order valence-corrected chi connectivity index (χ1v) is 7.19. The van der Waals surface area contributed by atoms with E-state index in [1.807, 2.05) is 24.3 Å². The maximum Gasteiger partial charge on any atom is 0.316 e. The molecule has 0 amide bonds. The summed E-state index contributed by atoms with van der Waals surface area (Å²) in [7, 11) is 6.19. The predicted octanol–water partition coefficient (Wildman–Crippen LogP) is 2.75. The first-order valence-electron chi connectivity index (χ1n) is 4.70. The molecular formula is C11H14O3S2. The van der Waals surface area contributed by atoms with E-state index in [9.17, 15) is 4.79 Å². The van der Waals surface area contributed by atoms with Gasteiger partial charge in [-0.2, -0.15) is 0 Å². The fourth-order valence-electron chi connectivity index (χ4n) is 0.980. The molecule has 88 valence electrons. The maximum atomic E-state index is 10.8. The molecule has 0 N–H and O–H groups in total. The summed E-state index contributed by atoms with van der Waals surface area (Å²) in [6.45, 7) is 0. The van der Waals surface area contributed by atoms with Crippen LogP contribution in [-0.2, 0) is 15.3 Å². The third kappa shape index (κ3) is 4.81. The van der Waals surface area contributed by atoms with Crippen molar-refractivity contribution in [1.29, 1.82) is 0 Å². The van der Waals surface area contributed by atoms with Gasteiger partial charge in [-0.05, 0) is 17.7 Å². The zero-order chi connectivity index (χ0) is 11.8. The van der Waals surface area contributed by atoms with E-state index in [0.29, 0.717) is 5.75 Å². The van der Waals surface area contributed by atoms with Crippen LogP contribution in [0, 0.1) is 0 Å². The van der Waals surface area contributed by atoms with Crippen LogP contribution >= 0.6 is 21.6 Å². The largest absolute Gasteiger partial charge is 0.497 e. The van der Waals surface area contributed by atoms with E-state index in [1.54, 1.807) is 17.9 Å². The molecule has 0 radical (unpaired) electrons. The molecule has 0 aliphatic heterocycles. The van der Waals surface area contributed by atoms with Crippen LogP contribution in [0.25, 0.3) is 0 Å². The molecule has 0 heterocycles. The standard InChI is InChI=1S/C11H14O3S2/c1-13-10-5-3-9(4-6-10)7-15-16-8-11(12)14-2/h3-6H,7-8H2,1-2H3. The molecule has 1 rings (SSSR count). The minimum atomic E-state index is -0.188. The molecule has 0 fully saturated rings. The van der Waals surface area contributed by atoms with Gasteiger partial charge in [0.25, 0.3) is 0 Å². The first-order chi connectivity index (χ1) is 7.76. The number of rotatable bonds is 6. The smallest absolute Gasteiger partial charge is 0.316 e. The normalized spacial score (nSPS) is 9.88. The highest BCUT2D eigenvalue weighted by molar-refractivity contribution is 8.76. The fraction of sp³-hybridized carbons (Fsp3) is 0.364. The maximum absolute atomic E-state index is 10.8. The SMILES string of the molecule is COC(=O)CSSCc1ccc(OC)cc1. The number of methoxy groups -OCH3 is 2. The Balaban J connectivity index is 2.24. The van der Waals surface area contributed by atoms with Crippen molar-refractivity contribution in [3.05, 3.63) is 29.8 Å². The Bertz CT molecular complexity index is 325. The van der Waals surface area contributed by atoms with E-state index in [1.165, 1.54) is 23.5 Å². The molecule has 1 aromatic rings. The summed E-state index contributed by atoms with van der Waals surface area (Å²) in [5.74, 6) is 1.92. The van der Waals surface area contributed by atoms with Gasteiger partial charge < -0.3 is 9.47 Å². The molecule has 0 spiro atoms. The van der Waals surface area contributed by atoms with Crippen molar-refractivity contribution >= 4 is 27.6 Å². The second kappa shape index (κ2) is 7.46. The van der Waals surface area contributed by atoms with Gasteiger partial charge in [-0.3, -0.25) is 4.79 Å². The van der Waals surface area contributed by atoms with Crippen LogP contribution in [0.3, 0.4) is 0 Å². The zero-order valence-corrected chi connectivity index (χ0v) is 10.9. The van der Waals surface area contributed by atoms with E-state index in [4.69, 9.17) is 4.74 Å². The highest BCUT2D eigenvalue weighted by Gasteiger charge is 2.01. The number of benzene rings is 1. The van der Waals surface area contributed by atoms with E-state index >= 15 is 0 Å². The Hall–Kier alpha value is -0.810. The molecule has 0 aromatic heterocycles. The summed E-state index contributed by atoms with van der Waals surface area (Å²) in [6.07, 6.45) is 0. The highest BCUT2D eigenvalue weighted by atomic mass is 33.1. The summed E-state index contributed by atoms with van der Waals surface area (Å²) in [5.41, 5.74) is 1.21. The van der Waals surface area contributed by atoms with Crippen molar-refractivity contribution in [3.63, 3.8) is 0 Å². The molecule has 0 atom stereocenters. The molecule has 3 nitrogen and oxygen atoms in total. The Labute approximate surface area is 103 Å². The van der Waals surface area contributed by atoms with Crippen molar-refractivity contribution < 1.29 is 14.3 Å². The van der Waals surface area contributed by atoms with Gasteiger partial charge in [0.05, 0.1) is 14.2 Å². The minimum absolute atomic E-state index is 0.188. The summed E-state index contributed by atoms with van der Waals surface area (Å²) >= 11 is 0. The quantitative estimate of drug-likeness (QED) is 0.445. The lowest BCUT2D eigenvalue weighted by molar-refractivity contribution is -0.137.